The van der Waals surface area contributed by atoms with Crippen molar-refractivity contribution >= 4 is 21.8 Å². The van der Waals surface area contributed by atoms with Crippen molar-refractivity contribution in [1.29, 1.82) is 0 Å². The standard InChI is InChI=1S/C17H21BrN4O/c1-17(2,12-5-3-4-6-13(12)18)10-20-16(23)15-11-9-19-8-7-14(11)21-22-15/h3-6,19H,7-10H2,1-2H3,(H,20,23)(H,21,22). The van der Waals surface area contributed by atoms with Gasteiger partial charge in [0.2, 0.25) is 0 Å². The van der Waals surface area contributed by atoms with Crippen LogP contribution in [-0.4, -0.2) is 29.2 Å². The lowest BCUT2D eigenvalue weighted by Crippen LogP contribution is -2.37. The second-order valence-electron chi connectivity index (χ2n) is 6.50. The monoisotopic (exact) mass is 376 g/mol. The number of aromatic amines is 1. The number of nitrogens with one attached hydrogen (secondary N) is 3. The third kappa shape index (κ3) is 3.33. The number of halogens is 1. The summed E-state index contributed by atoms with van der Waals surface area (Å²) in [6.45, 7) is 6.40. The maximum atomic E-state index is 12.5. The van der Waals surface area contributed by atoms with Gasteiger partial charge in [-0.2, -0.15) is 5.10 Å². The number of H-pyrrole nitrogens is 1. The molecule has 1 aromatic carbocycles. The highest BCUT2D eigenvalue weighted by atomic mass is 79.9. The van der Waals surface area contributed by atoms with Gasteiger partial charge in [-0.25, -0.2) is 0 Å². The van der Waals surface area contributed by atoms with Crippen LogP contribution in [0.15, 0.2) is 28.7 Å². The van der Waals surface area contributed by atoms with Crippen LogP contribution in [0.3, 0.4) is 0 Å². The largest absolute Gasteiger partial charge is 0.350 e. The van der Waals surface area contributed by atoms with Gasteiger partial charge in [0.1, 0.15) is 0 Å². The predicted molar refractivity (Wildman–Crippen MR) is 93.5 cm³/mol. The van der Waals surface area contributed by atoms with Crippen LogP contribution in [0.25, 0.3) is 0 Å². The molecule has 1 aliphatic rings. The quantitative estimate of drug-likeness (QED) is 0.767. The molecule has 122 valence electrons. The number of rotatable bonds is 4. The minimum atomic E-state index is -0.176. The SMILES string of the molecule is CC(C)(CNC(=O)c1n[nH]c2c1CNCC2)c1ccccc1Br. The minimum absolute atomic E-state index is 0.119. The highest BCUT2D eigenvalue weighted by Crippen LogP contribution is 2.29. The molecule has 0 atom stereocenters. The second-order valence-corrected chi connectivity index (χ2v) is 7.36. The molecule has 0 saturated heterocycles. The zero-order valence-corrected chi connectivity index (χ0v) is 15.0. The molecule has 0 aliphatic carbocycles. The average Bonchev–Trinajstić information content (AvgIpc) is 2.97. The van der Waals surface area contributed by atoms with Gasteiger partial charge < -0.3 is 10.6 Å². The summed E-state index contributed by atoms with van der Waals surface area (Å²) in [7, 11) is 0. The van der Waals surface area contributed by atoms with E-state index in [9.17, 15) is 4.79 Å². The molecule has 1 aliphatic heterocycles. The Balaban J connectivity index is 1.72. The molecule has 3 N–H and O–H groups in total. The van der Waals surface area contributed by atoms with E-state index in [1.807, 2.05) is 18.2 Å². The Morgan fingerprint density at radius 2 is 2.17 bits per heavy atom. The zero-order chi connectivity index (χ0) is 16.4. The Morgan fingerprint density at radius 3 is 2.96 bits per heavy atom. The molecule has 1 amide bonds. The summed E-state index contributed by atoms with van der Waals surface area (Å²) in [6, 6.07) is 8.11. The first kappa shape index (κ1) is 16.2. The molecule has 0 bridgehead atoms. The van der Waals surface area contributed by atoms with Crippen molar-refractivity contribution in [2.75, 3.05) is 13.1 Å². The molecule has 23 heavy (non-hydrogen) atoms. The topological polar surface area (TPSA) is 69.8 Å². The van der Waals surface area contributed by atoms with E-state index >= 15 is 0 Å². The van der Waals surface area contributed by atoms with E-state index < -0.39 is 0 Å². The van der Waals surface area contributed by atoms with Gasteiger partial charge in [0.05, 0.1) is 0 Å². The van der Waals surface area contributed by atoms with Gasteiger partial charge in [0.25, 0.3) is 5.91 Å². The summed E-state index contributed by atoms with van der Waals surface area (Å²) >= 11 is 3.59. The molecular formula is C17H21BrN4O. The van der Waals surface area contributed by atoms with E-state index in [-0.39, 0.29) is 11.3 Å². The van der Waals surface area contributed by atoms with Crippen LogP contribution in [0.2, 0.25) is 0 Å². The zero-order valence-electron chi connectivity index (χ0n) is 13.4. The molecule has 0 fully saturated rings. The van der Waals surface area contributed by atoms with Crippen LogP contribution in [0, 0.1) is 0 Å². The molecule has 0 spiro atoms. The fourth-order valence-corrected chi connectivity index (χ4v) is 3.72. The Morgan fingerprint density at radius 1 is 1.39 bits per heavy atom. The van der Waals surface area contributed by atoms with E-state index in [0.29, 0.717) is 18.8 Å². The number of benzene rings is 1. The molecular weight excluding hydrogens is 356 g/mol. The third-order valence-corrected chi connectivity index (χ3v) is 5.01. The second kappa shape index (κ2) is 6.45. The van der Waals surface area contributed by atoms with E-state index in [2.05, 4.69) is 56.7 Å². The molecule has 5 nitrogen and oxygen atoms in total. The van der Waals surface area contributed by atoms with Crippen molar-refractivity contribution < 1.29 is 4.79 Å². The van der Waals surface area contributed by atoms with Gasteiger partial charge in [-0.05, 0) is 11.6 Å². The first-order valence-electron chi connectivity index (χ1n) is 7.79. The normalized spacial score (nSPS) is 14.4. The summed E-state index contributed by atoms with van der Waals surface area (Å²) in [6.07, 6.45) is 0.887. The number of carbonyl (C=O) groups excluding carboxylic acids is 1. The van der Waals surface area contributed by atoms with E-state index in [1.54, 1.807) is 0 Å². The lowest BCUT2D eigenvalue weighted by Gasteiger charge is -2.26. The molecule has 3 rings (SSSR count). The van der Waals surface area contributed by atoms with Crippen LogP contribution >= 0.6 is 15.9 Å². The summed E-state index contributed by atoms with van der Waals surface area (Å²) < 4.78 is 1.06. The molecule has 6 heteroatoms. The fraction of sp³-hybridized carbons (Fsp3) is 0.412. The number of fused-ring (bicyclic) bond motifs is 1. The van der Waals surface area contributed by atoms with Crippen LogP contribution in [0.4, 0.5) is 0 Å². The first-order valence-corrected chi connectivity index (χ1v) is 8.58. The van der Waals surface area contributed by atoms with E-state index in [4.69, 9.17) is 0 Å². The van der Waals surface area contributed by atoms with Gasteiger partial charge in [0.15, 0.2) is 5.69 Å². The van der Waals surface area contributed by atoms with E-state index in [0.717, 1.165) is 28.7 Å². The summed E-state index contributed by atoms with van der Waals surface area (Å²) in [5.74, 6) is -0.119. The van der Waals surface area contributed by atoms with Crippen molar-refractivity contribution in [3.8, 4) is 0 Å². The lowest BCUT2D eigenvalue weighted by atomic mass is 9.84. The Hall–Kier alpha value is -1.66. The summed E-state index contributed by atoms with van der Waals surface area (Å²) in [5.41, 5.74) is 3.57. The van der Waals surface area contributed by atoms with Crippen molar-refractivity contribution in [3.05, 3.63) is 51.3 Å². The van der Waals surface area contributed by atoms with Crippen molar-refractivity contribution in [2.24, 2.45) is 0 Å². The third-order valence-electron chi connectivity index (χ3n) is 4.32. The highest BCUT2D eigenvalue weighted by Gasteiger charge is 2.26. The van der Waals surface area contributed by atoms with Gasteiger partial charge >= 0.3 is 0 Å². The molecule has 0 radical (unpaired) electrons. The van der Waals surface area contributed by atoms with Crippen LogP contribution < -0.4 is 10.6 Å². The lowest BCUT2D eigenvalue weighted by molar-refractivity contribution is 0.0939. The van der Waals surface area contributed by atoms with Crippen LogP contribution in [0.5, 0.6) is 0 Å². The number of hydrogen-bond acceptors (Lipinski definition) is 3. The number of amides is 1. The van der Waals surface area contributed by atoms with E-state index in [1.165, 1.54) is 5.56 Å². The minimum Gasteiger partial charge on any atom is -0.350 e. The molecule has 0 saturated carbocycles. The predicted octanol–water partition coefficient (Wildman–Crippen LogP) is 2.53. The molecule has 0 unspecified atom stereocenters. The summed E-state index contributed by atoms with van der Waals surface area (Å²) in [5, 5.41) is 13.5. The maximum absolute atomic E-state index is 12.5. The highest BCUT2D eigenvalue weighted by molar-refractivity contribution is 9.10. The molecule has 1 aromatic heterocycles. The molecule has 2 heterocycles. The van der Waals surface area contributed by atoms with Gasteiger partial charge in [0, 0.05) is 47.2 Å². The number of carbonyl (C=O) groups is 1. The van der Waals surface area contributed by atoms with Crippen molar-refractivity contribution in [3.63, 3.8) is 0 Å². The Labute approximate surface area is 144 Å². The number of hydrogen-bond donors (Lipinski definition) is 3. The maximum Gasteiger partial charge on any atom is 0.272 e. The van der Waals surface area contributed by atoms with Crippen LogP contribution in [-0.2, 0) is 18.4 Å². The van der Waals surface area contributed by atoms with Crippen LogP contribution in [0.1, 0.15) is 41.2 Å². The first-order chi connectivity index (χ1) is 11.0. The number of aromatic nitrogens is 2. The summed E-state index contributed by atoms with van der Waals surface area (Å²) in [4.78, 5) is 12.5. The fourth-order valence-electron chi connectivity index (χ4n) is 2.90. The Kier molecular flexibility index (Phi) is 4.55. The molecule has 2 aromatic rings. The van der Waals surface area contributed by atoms with Crippen molar-refractivity contribution in [2.45, 2.75) is 32.2 Å². The van der Waals surface area contributed by atoms with Gasteiger partial charge in [-0.15, -0.1) is 0 Å². The number of nitrogens with zero attached hydrogens (tertiary/aromatic N) is 1. The van der Waals surface area contributed by atoms with Crippen molar-refractivity contribution in [1.82, 2.24) is 20.8 Å². The van der Waals surface area contributed by atoms with Gasteiger partial charge in [-0.3, -0.25) is 9.89 Å². The smallest absolute Gasteiger partial charge is 0.272 e. The average molecular weight is 377 g/mol. The van der Waals surface area contributed by atoms with Gasteiger partial charge in [-0.1, -0.05) is 48.0 Å². The Bertz CT molecular complexity index is 723.